The van der Waals surface area contributed by atoms with Crippen molar-refractivity contribution >= 4 is 28.4 Å². The third-order valence-electron chi connectivity index (χ3n) is 27.0. The highest BCUT2D eigenvalue weighted by atomic mass is 32.2. The van der Waals surface area contributed by atoms with Crippen molar-refractivity contribution in [2.75, 3.05) is 12.4 Å². The predicted octanol–water partition coefficient (Wildman–Crippen LogP) is 12.8. The maximum Gasteiger partial charge on any atom is 0.200 e. The van der Waals surface area contributed by atoms with Crippen molar-refractivity contribution in [3.05, 3.63) is 35.9 Å². The third-order valence-corrected chi connectivity index (χ3v) is 38.9. The minimum Gasteiger partial charge on any atom is -0.411 e. The number of fused-ring (bicyclic) bond motifs is 13. The molecule has 1 aromatic carbocycles. The van der Waals surface area contributed by atoms with Gasteiger partial charge in [0.05, 0.1) is 177 Å². The van der Waals surface area contributed by atoms with Crippen LogP contribution in [0.4, 0.5) is 0 Å². The Labute approximate surface area is 586 Å². The molecule has 0 aromatic heterocycles. The fraction of sp³-hybridized carbons (Fsp3) is 0.921. The Morgan fingerprint density at radius 3 is 1.63 bits per heavy atom. The van der Waals surface area contributed by atoms with E-state index in [2.05, 4.69) is 120 Å². The van der Waals surface area contributed by atoms with Crippen LogP contribution in [-0.4, -0.2) is 221 Å². The molecule has 0 bridgehead atoms. The molecule has 14 saturated heterocycles. The zero-order valence-corrected chi connectivity index (χ0v) is 64.0. The number of hydrogen-bond donors (Lipinski definition) is 1. The number of ether oxygens (including phenoxy) is 15. The predicted molar refractivity (Wildman–Crippen MR) is 372 cm³/mol. The molecule has 0 spiro atoms. The number of hydrogen-bond acceptors (Lipinski definition) is 19. The maximum absolute atomic E-state index is 10.6. The van der Waals surface area contributed by atoms with E-state index in [-0.39, 0.29) is 170 Å². The summed E-state index contributed by atoms with van der Waals surface area (Å²) in [6.07, 6.45) is 7.62. The second-order valence-electron chi connectivity index (χ2n) is 35.3. The van der Waals surface area contributed by atoms with E-state index in [9.17, 15) is 5.11 Å². The molecule has 15 rings (SSSR count). The molecule has 0 saturated carbocycles. The van der Waals surface area contributed by atoms with Crippen molar-refractivity contribution in [2.24, 2.45) is 0 Å². The molecule has 0 radical (unpaired) electrons. The van der Waals surface area contributed by atoms with Gasteiger partial charge in [-0.05, 0) is 98.9 Å². The average Bonchev–Trinajstić information content (AvgIpc) is 1.70. The minimum absolute atomic E-state index is 0.0154. The Balaban J connectivity index is 0.652. The summed E-state index contributed by atoms with van der Waals surface area (Å²) in [7, 11) is -4.89. The number of aliphatic hydroxyl groups is 1. The van der Waals surface area contributed by atoms with Gasteiger partial charge in [0.2, 0.25) is 8.32 Å². The van der Waals surface area contributed by atoms with Gasteiger partial charge < -0.3 is 85.0 Å². The van der Waals surface area contributed by atoms with Crippen molar-refractivity contribution in [2.45, 2.75) is 428 Å². The van der Waals surface area contributed by atoms with Gasteiger partial charge in [0.15, 0.2) is 13.3 Å². The highest BCUT2D eigenvalue weighted by molar-refractivity contribution is 8.00. The fourth-order valence-corrected chi connectivity index (χ4v) is 29.3. The second-order valence-corrected chi connectivity index (χ2v) is 46.9. The summed E-state index contributed by atoms with van der Waals surface area (Å²) < 4.78 is 124. The van der Waals surface area contributed by atoms with Gasteiger partial charge in [-0.2, -0.15) is 0 Å². The van der Waals surface area contributed by atoms with Crippen LogP contribution in [0.1, 0.15) is 205 Å². The SMILES string of the molecule is CCS[C@@]12O[C@@H]3C[C@]4(C)O[C@@H]5C[C@@H]6O[C@@H]7C[C@@H]8O[C@@H]9CC[C@@H]%10O[C@@H]%11C[C@H](O)[C@@H](C)O[C@H]%11C[C@H]%10O[C@@]9(C)C[C@H]8O[C@H]7C[C@H]6O[C@H]5CC[C@H]4O[C@H]3C[C@H]1O[C@H]1C[C@H]3O[C@H]4C[C@H](CCOCc5ccccc5)O[C@@H]4C[C@H](O[Si](C)(C)C(C)(C)C)[C@@H]3O[C@@H]1C[C@@H]2O[Si](C(C)C)(C(C)C)C(C)C. The molecule has 14 fully saturated rings. The van der Waals surface area contributed by atoms with Crippen molar-refractivity contribution in [1.82, 2.24) is 0 Å². The highest BCUT2D eigenvalue weighted by Crippen LogP contribution is 2.58. The van der Waals surface area contributed by atoms with E-state index in [1.54, 1.807) is 0 Å². The molecule has 1 N–H and O–H groups in total. The number of benzene rings is 1. The first-order valence-electron chi connectivity index (χ1n) is 38.7. The summed E-state index contributed by atoms with van der Waals surface area (Å²) >= 11 is 1.88. The van der Waals surface area contributed by atoms with Crippen LogP contribution < -0.4 is 0 Å². The molecule has 548 valence electrons. The smallest absolute Gasteiger partial charge is 0.200 e. The summed E-state index contributed by atoms with van der Waals surface area (Å²) in [4.78, 5) is -0.864. The Bertz CT molecular complexity index is 2820. The molecule has 0 unspecified atom stereocenters. The van der Waals surface area contributed by atoms with Crippen LogP contribution in [0.15, 0.2) is 30.3 Å². The summed E-state index contributed by atoms with van der Waals surface area (Å²) in [6.45, 7) is 36.0. The summed E-state index contributed by atoms with van der Waals surface area (Å²) in [5.74, 6) is 0.820. The van der Waals surface area contributed by atoms with E-state index < -0.39 is 38.9 Å². The topological polar surface area (TPSA) is 177 Å². The first-order chi connectivity index (χ1) is 46.2. The molecule has 14 heterocycles. The highest BCUT2D eigenvalue weighted by Gasteiger charge is 2.67. The van der Waals surface area contributed by atoms with Crippen LogP contribution in [0.25, 0.3) is 0 Å². The molecule has 0 amide bonds. The summed E-state index contributed by atoms with van der Waals surface area (Å²) in [5, 5.41) is 10.6. The van der Waals surface area contributed by atoms with E-state index in [1.807, 2.05) is 24.8 Å². The molecule has 14 aliphatic heterocycles. The Morgan fingerprint density at radius 1 is 0.515 bits per heavy atom. The lowest BCUT2D eigenvalue weighted by Gasteiger charge is -2.58. The number of aliphatic hydroxyl groups excluding tert-OH is 1. The molecule has 21 heteroatoms. The lowest BCUT2D eigenvalue weighted by molar-refractivity contribution is -0.330. The van der Waals surface area contributed by atoms with Crippen molar-refractivity contribution < 1.29 is 85.0 Å². The van der Waals surface area contributed by atoms with Crippen LogP contribution in [0, 0.1) is 0 Å². The molecule has 97 heavy (non-hydrogen) atoms. The van der Waals surface area contributed by atoms with Crippen LogP contribution in [0.5, 0.6) is 0 Å². The first kappa shape index (κ1) is 71.9. The third kappa shape index (κ3) is 13.7. The second kappa shape index (κ2) is 27.9. The van der Waals surface area contributed by atoms with E-state index >= 15 is 0 Å². The molecule has 18 nitrogen and oxygen atoms in total. The van der Waals surface area contributed by atoms with Crippen LogP contribution in [-0.2, 0) is 86.5 Å². The van der Waals surface area contributed by atoms with Crippen molar-refractivity contribution in [1.29, 1.82) is 0 Å². The Morgan fingerprint density at radius 2 is 1.01 bits per heavy atom. The molecule has 31 atom stereocenters. The van der Waals surface area contributed by atoms with E-state index in [4.69, 9.17) is 79.9 Å². The zero-order valence-electron chi connectivity index (χ0n) is 61.2. The molecule has 14 aliphatic rings. The number of thioether (sulfide) groups is 1. The minimum atomic E-state index is -2.57. The molecular formula is C76H122O18SSi2. The lowest BCUT2D eigenvalue weighted by atomic mass is 9.80. The van der Waals surface area contributed by atoms with Gasteiger partial charge in [-0.3, -0.25) is 0 Å². The van der Waals surface area contributed by atoms with Crippen molar-refractivity contribution in [3.63, 3.8) is 0 Å². The van der Waals surface area contributed by atoms with Crippen LogP contribution in [0.2, 0.25) is 34.8 Å². The van der Waals surface area contributed by atoms with Gasteiger partial charge in [0.25, 0.3) is 0 Å². The van der Waals surface area contributed by atoms with Crippen LogP contribution in [0.3, 0.4) is 0 Å². The fourth-order valence-electron chi connectivity index (χ4n) is 21.0. The van der Waals surface area contributed by atoms with Crippen molar-refractivity contribution in [3.8, 4) is 0 Å². The van der Waals surface area contributed by atoms with Gasteiger partial charge in [-0.1, -0.05) is 99.6 Å². The van der Waals surface area contributed by atoms with Crippen LogP contribution >= 0.6 is 11.8 Å². The normalized spacial score (nSPS) is 48.9. The van der Waals surface area contributed by atoms with E-state index in [0.29, 0.717) is 68.4 Å². The van der Waals surface area contributed by atoms with E-state index in [0.717, 1.165) is 76.4 Å². The summed E-state index contributed by atoms with van der Waals surface area (Å²) in [5.41, 5.74) is 1.04. The lowest BCUT2D eigenvalue weighted by Crippen LogP contribution is -2.68. The Hall–Kier alpha value is -0.716. The van der Waals surface area contributed by atoms with Gasteiger partial charge in [-0.15, -0.1) is 11.8 Å². The molecule has 1 aromatic rings. The Kier molecular flexibility index (Phi) is 20.7. The molecule has 0 aliphatic carbocycles. The average molecular weight is 1410 g/mol. The monoisotopic (exact) mass is 1410 g/mol. The first-order valence-corrected chi connectivity index (χ1v) is 44.8. The van der Waals surface area contributed by atoms with Gasteiger partial charge in [0.1, 0.15) is 12.2 Å². The van der Waals surface area contributed by atoms with Gasteiger partial charge >= 0.3 is 0 Å². The largest absolute Gasteiger partial charge is 0.411 e. The van der Waals surface area contributed by atoms with E-state index in [1.165, 1.54) is 5.56 Å². The standard InChI is InChI=1S/C76H122O18SSi2/c1-16-95-76-70(88-58-34-64-72(89-60(58)37-71(76)94-97(41(2)3,42(4)5)43(6)7)65(93-96(14,15)73(9,10)11)35-53-50(84-64)28-46(80-53)26-27-78-40-45-20-18-17-19-21-45)36-61-67(92-76)39-75(13)69(87-61)25-23-49-63(91-75)33-57-54(82-49)30-56-55(83-57)31-59-66(85-56)38-74(12)68(86-59)24-22-48-62(90-74)32-52-51(81-48)29-47(77)44(8)79-52/h17-21,41-44,46-72,77H,16,22-40H2,1-15H3/t44-,46+,47+,48+,49+,50+,51-,52+,53-,54-,55-,56+,57+,58+,59+,60-,61+,62-,63-,64-,65+,66-,67-,68-,69-,70-,71+,72-,74+,75+,76+/m1/s1. The maximum atomic E-state index is 10.6. The number of rotatable bonds is 14. The van der Waals surface area contributed by atoms with Gasteiger partial charge in [-0.25, -0.2) is 0 Å². The zero-order chi connectivity index (χ0) is 67.9. The molecular weight excluding hydrogens is 1290 g/mol. The van der Waals surface area contributed by atoms with Gasteiger partial charge in [0, 0.05) is 83.7 Å². The quantitative estimate of drug-likeness (QED) is 0.137. The summed E-state index contributed by atoms with van der Waals surface area (Å²) in [6, 6.07) is 10.4.